The van der Waals surface area contributed by atoms with Crippen molar-refractivity contribution in [3.63, 3.8) is 0 Å². The Kier molecular flexibility index (Phi) is 32.5. The van der Waals surface area contributed by atoms with Gasteiger partial charge in [0.15, 0.2) is 13.2 Å². The van der Waals surface area contributed by atoms with Gasteiger partial charge in [-0.25, -0.2) is 0 Å². The highest BCUT2D eigenvalue weighted by Crippen LogP contribution is 2.43. The normalized spacial score (nSPS) is 11.0. The number of benzene rings is 5. The quantitative estimate of drug-likeness (QED) is 0.0169. The van der Waals surface area contributed by atoms with E-state index in [4.69, 9.17) is 14.3 Å². The van der Waals surface area contributed by atoms with Gasteiger partial charge in [0.05, 0.1) is 18.4 Å². The van der Waals surface area contributed by atoms with Crippen molar-refractivity contribution in [1.82, 2.24) is 0 Å². The van der Waals surface area contributed by atoms with E-state index in [2.05, 4.69) is 123 Å². The summed E-state index contributed by atoms with van der Waals surface area (Å²) in [7, 11) is -2.23. The van der Waals surface area contributed by atoms with Gasteiger partial charge in [-0.2, -0.15) is 0 Å². The minimum absolute atomic E-state index is 0.159. The lowest BCUT2D eigenvalue weighted by Crippen LogP contribution is -2.48. The monoisotopic (exact) mass is 1080 g/mol. The standard InChI is InChI=1S/2C25H38NO.C22H21BO3/c2*1-3-5-6-7-8-9-10-11-12-13-16-23-18-20-24(21-19-23)25-17-14-15-22-26(25)27-4-2;24-23(25)26-18-10-17-22(19-11-4-1-5-12-19,20-13-6-2-7-14-20)21-15-8-3-9-16-21/h2*14-15,17-22H,3-13,16H2,1-2H3;1-9,11-16H,10,17-18H2/q2*+1;-2. The molecule has 428 valence electrons. The lowest BCUT2D eigenvalue weighted by atomic mass is 9.67. The fourth-order valence-electron chi connectivity index (χ4n) is 10.7. The molecule has 0 saturated carbocycles. The summed E-state index contributed by atoms with van der Waals surface area (Å²) in [6.07, 6.45) is 35.6. The molecule has 0 aliphatic heterocycles. The van der Waals surface area contributed by atoms with Crippen molar-refractivity contribution in [2.75, 3.05) is 19.8 Å². The summed E-state index contributed by atoms with van der Waals surface area (Å²) in [5.41, 5.74) is 10.7. The van der Waals surface area contributed by atoms with Crippen LogP contribution in [0.4, 0.5) is 0 Å². The summed E-state index contributed by atoms with van der Waals surface area (Å²) in [6.45, 7) is 10.1. The highest BCUT2D eigenvalue weighted by Gasteiger charge is 2.35. The maximum Gasteiger partial charge on any atom is 0.264 e. The molecule has 0 radical (unpaired) electrons. The first-order valence-corrected chi connectivity index (χ1v) is 31.0. The number of rotatable bonds is 36. The first-order valence-electron chi connectivity index (χ1n) is 31.0. The number of unbranched alkanes of at least 4 members (excludes halogenated alkanes) is 18. The van der Waals surface area contributed by atoms with Crippen LogP contribution >= 0.6 is 0 Å². The Labute approximate surface area is 484 Å². The van der Waals surface area contributed by atoms with Gasteiger partial charge < -0.3 is 14.7 Å². The fourth-order valence-corrected chi connectivity index (χ4v) is 10.7. The Balaban J connectivity index is 0.000000221. The van der Waals surface area contributed by atoms with Gasteiger partial charge in [0, 0.05) is 45.7 Å². The minimum atomic E-state index is -2.23. The van der Waals surface area contributed by atoms with Crippen LogP contribution in [0.25, 0.3) is 22.5 Å². The molecule has 8 heteroatoms. The Hall–Kier alpha value is -6.06. The number of nitrogens with zero attached hydrogens (tertiary/aromatic N) is 2. The van der Waals surface area contributed by atoms with Crippen LogP contribution in [0.2, 0.25) is 0 Å². The molecule has 0 N–H and O–H groups in total. The Morgan fingerprint density at radius 3 is 1.01 bits per heavy atom. The summed E-state index contributed by atoms with van der Waals surface area (Å²) in [6, 6.07) is 61.3. The van der Waals surface area contributed by atoms with E-state index >= 15 is 0 Å². The van der Waals surface area contributed by atoms with E-state index in [-0.39, 0.29) is 12.0 Å². The molecule has 2 heterocycles. The zero-order chi connectivity index (χ0) is 56.6. The molecular weight excluding hydrogens is 984 g/mol. The molecule has 0 saturated heterocycles. The van der Waals surface area contributed by atoms with Gasteiger partial charge in [0.1, 0.15) is 0 Å². The average molecular weight is 1080 g/mol. The van der Waals surface area contributed by atoms with Crippen molar-refractivity contribution < 1.29 is 33.8 Å². The van der Waals surface area contributed by atoms with E-state index in [1.54, 1.807) is 0 Å². The lowest BCUT2D eigenvalue weighted by molar-refractivity contribution is -0.882. The first-order chi connectivity index (χ1) is 39.4. The van der Waals surface area contributed by atoms with Crippen LogP contribution in [0.15, 0.2) is 188 Å². The second kappa shape index (κ2) is 40.2. The number of pyridine rings is 2. The predicted octanol–water partition coefficient (Wildman–Crippen LogP) is 15.6. The van der Waals surface area contributed by atoms with Crippen molar-refractivity contribution in [2.45, 2.75) is 187 Å². The topological polar surface area (TPSA) is 81.6 Å². The zero-order valence-corrected chi connectivity index (χ0v) is 49.5. The molecule has 0 fully saturated rings. The Bertz CT molecular complexity index is 2390. The molecular formula is C72H97BN2O5. The highest BCUT2D eigenvalue weighted by molar-refractivity contribution is 6.28. The van der Waals surface area contributed by atoms with Crippen molar-refractivity contribution >= 4 is 7.32 Å². The molecule has 0 aliphatic rings. The molecule has 0 atom stereocenters. The van der Waals surface area contributed by atoms with Crippen LogP contribution < -0.4 is 29.2 Å². The molecule has 0 spiro atoms. The van der Waals surface area contributed by atoms with Crippen LogP contribution in [0.5, 0.6) is 0 Å². The van der Waals surface area contributed by atoms with Crippen LogP contribution in [-0.2, 0) is 22.9 Å². The van der Waals surface area contributed by atoms with Crippen LogP contribution in [0.3, 0.4) is 0 Å². The van der Waals surface area contributed by atoms with Crippen LogP contribution in [0, 0.1) is 0 Å². The largest absolute Gasteiger partial charge is 0.871 e. The van der Waals surface area contributed by atoms with Gasteiger partial charge in [-0.1, -0.05) is 245 Å². The summed E-state index contributed by atoms with van der Waals surface area (Å²) in [4.78, 5) is 11.4. The molecule has 0 aliphatic carbocycles. The van der Waals surface area contributed by atoms with Gasteiger partial charge in [0.2, 0.25) is 12.4 Å². The van der Waals surface area contributed by atoms with Gasteiger partial charge >= 0.3 is 0 Å². The number of hydrogen-bond donors (Lipinski definition) is 0. The molecule has 7 rings (SSSR count). The molecule has 0 unspecified atom stereocenters. The molecule has 7 nitrogen and oxygen atoms in total. The second-order valence-corrected chi connectivity index (χ2v) is 21.2. The van der Waals surface area contributed by atoms with E-state index in [0.717, 1.165) is 17.8 Å². The van der Waals surface area contributed by atoms with Crippen molar-refractivity contribution in [2.24, 2.45) is 0 Å². The zero-order valence-electron chi connectivity index (χ0n) is 49.5. The molecule has 80 heavy (non-hydrogen) atoms. The molecule has 7 aromatic rings. The van der Waals surface area contributed by atoms with E-state index < -0.39 is 7.32 Å². The van der Waals surface area contributed by atoms with Crippen molar-refractivity contribution in [3.8, 4) is 22.5 Å². The SMILES string of the molecule is CCCCCCCCCCCCc1ccc(-c2cccc[n+]2OCC)cc1.CCCCCCCCCCCCc1ccc(-c2cccc[n+]2OCC)cc1.[O-]B([O-])OCCCC(c1ccccc1)(c1ccccc1)c1ccccc1. The Morgan fingerprint density at radius 1 is 0.362 bits per heavy atom. The molecule has 2 aromatic heterocycles. The maximum absolute atomic E-state index is 10.7. The van der Waals surface area contributed by atoms with E-state index in [1.807, 2.05) is 102 Å². The minimum Gasteiger partial charge on any atom is -0.871 e. The summed E-state index contributed by atoms with van der Waals surface area (Å²) in [5, 5.41) is 21.4. The van der Waals surface area contributed by atoms with E-state index in [0.29, 0.717) is 19.6 Å². The third-order valence-electron chi connectivity index (χ3n) is 15.1. The maximum atomic E-state index is 10.7. The average Bonchev–Trinajstić information content (AvgIpc) is 3.53. The van der Waals surface area contributed by atoms with Gasteiger partial charge in [-0.15, -0.1) is 0 Å². The second-order valence-electron chi connectivity index (χ2n) is 21.2. The van der Waals surface area contributed by atoms with Crippen LogP contribution in [0.1, 0.15) is 197 Å². The fraction of sp³-hybridized carbons (Fsp3) is 0.444. The molecule has 0 bridgehead atoms. The van der Waals surface area contributed by atoms with E-state index in [1.165, 1.54) is 180 Å². The smallest absolute Gasteiger partial charge is 0.264 e. The summed E-state index contributed by atoms with van der Waals surface area (Å²) in [5.74, 6) is 0. The molecule has 0 amide bonds. The first kappa shape index (κ1) is 64.8. The molecule has 5 aromatic carbocycles. The number of aryl methyl sites for hydroxylation is 2. The lowest BCUT2D eigenvalue weighted by Gasteiger charge is -2.37. The summed E-state index contributed by atoms with van der Waals surface area (Å²) < 4.78 is 8.45. The third-order valence-corrected chi connectivity index (χ3v) is 15.1. The van der Waals surface area contributed by atoms with Crippen molar-refractivity contribution in [3.05, 3.63) is 216 Å². The van der Waals surface area contributed by atoms with Crippen LogP contribution in [-0.4, -0.2) is 27.1 Å². The predicted molar refractivity (Wildman–Crippen MR) is 330 cm³/mol. The highest BCUT2D eigenvalue weighted by atomic mass is 16.7. The van der Waals surface area contributed by atoms with E-state index in [9.17, 15) is 10.0 Å². The van der Waals surface area contributed by atoms with Gasteiger partial charge in [-0.3, -0.25) is 9.68 Å². The Morgan fingerprint density at radius 2 is 0.688 bits per heavy atom. The van der Waals surface area contributed by atoms with Gasteiger partial charge in [-0.05, 0) is 117 Å². The van der Waals surface area contributed by atoms with Crippen molar-refractivity contribution in [1.29, 1.82) is 0 Å². The number of hydrogen-bond acceptors (Lipinski definition) is 5. The number of aromatic nitrogens is 2. The third kappa shape index (κ3) is 23.6. The van der Waals surface area contributed by atoms with Gasteiger partial charge in [0.25, 0.3) is 11.4 Å². The summed E-state index contributed by atoms with van der Waals surface area (Å²) >= 11 is 0.